The van der Waals surface area contributed by atoms with E-state index in [1.54, 1.807) is 6.20 Å². The smallest absolute Gasteiger partial charge is 0.255 e. The van der Waals surface area contributed by atoms with E-state index in [2.05, 4.69) is 19.9 Å². The highest BCUT2D eigenvalue weighted by Crippen LogP contribution is 2.16. The highest BCUT2D eigenvalue weighted by atomic mass is 16.2. The fourth-order valence-corrected chi connectivity index (χ4v) is 3.05. The first-order chi connectivity index (χ1) is 11.5. The number of anilines is 1. The molecule has 0 radical (unpaired) electrons. The van der Waals surface area contributed by atoms with E-state index in [9.17, 15) is 4.79 Å². The number of pyridine rings is 1. The Morgan fingerprint density at radius 2 is 1.83 bits per heavy atom. The van der Waals surface area contributed by atoms with Gasteiger partial charge in [-0.05, 0) is 45.4 Å². The van der Waals surface area contributed by atoms with Crippen LogP contribution in [0.4, 0.5) is 5.82 Å². The summed E-state index contributed by atoms with van der Waals surface area (Å²) in [6, 6.07) is 5.71. The highest BCUT2D eigenvalue weighted by molar-refractivity contribution is 5.95. The van der Waals surface area contributed by atoms with E-state index >= 15 is 0 Å². The Kier molecular flexibility index (Phi) is 4.74. The second kappa shape index (κ2) is 6.95. The average Bonchev–Trinajstić information content (AvgIpc) is 2.80. The van der Waals surface area contributed by atoms with Crippen molar-refractivity contribution in [2.45, 2.75) is 27.2 Å². The van der Waals surface area contributed by atoms with Gasteiger partial charge in [0.05, 0.1) is 11.3 Å². The molecular weight excluding hydrogens is 302 g/mol. The minimum absolute atomic E-state index is 0.0701. The Labute approximate surface area is 142 Å². The molecule has 6 heteroatoms. The number of hydrogen-bond acceptors (Lipinski definition) is 5. The van der Waals surface area contributed by atoms with Gasteiger partial charge in [0.15, 0.2) is 0 Å². The lowest BCUT2D eigenvalue weighted by molar-refractivity contribution is 0.0765. The van der Waals surface area contributed by atoms with E-state index in [4.69, 9.17) is 0 Å². The van der Waals surface area contributed by atoms with Crippen molar-refractivity contribution in [2.24, 2.45) is 0 Å². The Hall–Kier alpha value is -2.50. The number of amides is 1. The molecule has 3 rings (SSSR count). The molecule has 3 heterocycles. The van der Waals surface area contributed by atoms with Crippen LogP contribution in [-0.4, -0.2) is 51.9 Å². The topological polar surface area (TPSA) is 62.2 Å². The third kappa shape index (κ3) is 3.53. The predicted molar refractivity (Wildman–Crippen MR) is 93.2 cm³/mol. The van der Waals surface area contributed by atoms with Crippen molar-refractivity contribution in [3.05, 3.63) is 47.2 Å². The van der Waals surface area contributed by atoms with E-state index in [0.29, 0.717) is 12.1 Å². The number of carbonyl (C=O) groups excluding carboxylic acids is 1. The standard InChI is InChI=1S/C18H23N5O/c1-13-5-6-16(14(2)20-13)18(24)23-10-4-9-22(11-12-23)17-7-8-19-15(3)21-17/h5-8H,4,9-12H2,1-3H3. The quantitative estimate of drug-likeness (QED) is 0.846. The van der Waals surface area contributed by atoms with Gasteiger partial charge < -0.3 is 9.80 Å². The van der Waals surface area contributed by atoms with Crippen LogP contribution in [0.3, 0.4) is 0 Å². The van der Waals surface area contributed by atoms with Crippen molar-refractivity contribution < 1.29 is 4.79 Å². The van der Waals surface area contributed by atoms with Crippen molar-refractivity contribution in [3.63, 3.8) is 0 Å². The zero-order valence-electron chi connectivity index (χ0n) is 14.5. The minimum Gasteiger partial charge on any atom is -0.355 e. The summed E-state index contributed by atoms with van der Waals surface area (Å²) in [6.45, 7) is 8.85. The maximum Gasteiger partial charge on any atom is 0.255 e. The molecule has 0 bridgehead atoms. The molecule has 0 N–H and O–H groups in total. The maximum absolute atomic E-state index is 12.8. The minimum atomic E-state index is 0.0701. The van der Waals surface area contributed by atoms with Crippen LogP contribution < -0.4 is 4.90 Å². The number of rotatable bonds is 2. The molecule has 1 saturated heterocycles. The van der Waals surface area contributed by atoms with Crippen molar-refractivity contribution in [1.82, 2.24) is 19.9 Å². The lowest BCUT2D eigenvalue weighted by atomic mass is 10.1. The molecule has 0 aliphatic carbocycles. The first kappa shape index (κ1) is 16.4. The van der Waals surface area contributed by atoms with Gasteiger partial charge in [0.2, 0.25) is 0 Å². The lowest BCUT2D eigenvalue weighted by Gasteiger charge is -2.23. The molecule has 1 amide bonds. The monoisotopic (exact) mass is 325 g/mol. The molecule has 0 aromatic carbocycles. The fourth-order valence-electron chi connectivity index (χ4n) is 3.05. The third-order valence-corrected chi connectivity index (χ3v) is 4.32. The van der Waals surface area contributed by atoms with E-state index in [1.165, 1.54) is 0 Å². The molecule has 1 aliphatic heterocycles. The fraction of sp³-hybridized carbons (Fsp3) is 0.444. The maximum atomic E-state index is 12.8. The van der Waals surface area contributed by atoms with Crippen molar-refractivity contribution in [1.29, 1.82) is 0 Å². The lowest BCUT2D eigenvalue weighted by Crippen LogP contribution is -2.35. The van der Waals surface area contributed by atoms with Gasteiger partial charge >= 0.3 is 0 Å². The summed E-state index contributed by atoms with van der Waals surface area (Å²) in [6.07, 6.45) is 2.71. The number of hydrogen-bond donors (Lipinski definition) is 0. The molecule has 1 aliphatic rings. The largest absolute Gasteiger partial charge is 0.355 e. The van der Waals surface area contributed by atoms with Gasteiger partial charge in [-0.3, -0.25) is 9.78 Å². The van der Waals surface area contributed by atoms with Crippen LogP contribution in [0, 0.1) is 20.8 Å². The summed E-state index contributed by atoms with van der Waals surface area (Å²) in [5.41, 5.74) is 2.43. The van der Waals surface area contributed by atoms with Crippen LogP contribution in [0.15, 0.2) is 24.4 Å². The number of nitrogens with zero attached hydrogens (tertiary/aromatic N) is 5. The van der Waals surface area contributed by atoms with Gasteiger partial charge in [0.1, 0.15) is 11.6 Å². The molecule has 0 saturated carbocycles. The van der Waals surface area contributed by atoms with Crippen molar-refractivity contribution in [3.8, 4) is 0 Å². The first-order valence-corrected chi connectivity index (χ1v) is 8.33. The van der Waals surface area contributed by atoms with Crippen LogP contribution in [0.2, 0.25) is 0 Å². The molecule has 2 aromatic heterocycles. The van der Waals surface area contributed by atoms with Gasteiger partial charge in [-0.1, -0.05) is 0 Å². The predicted octanol–water partition coefficient (Wildman–Crippen LogP) is 2.15. The number of carbonyl (C=O) groups is 1. The molecule has 126 valence electrons. The molecule has 24 heavy (non-hydrogen) atoms. The second-order valence-electron chi connectivity index (χ2n) is 6.18. The van der Waals surface area contributed by atoms with Crippen LogP contribution in [-0.2, 0) is 0 Å². The Bertz CT molecular complexity index is 746. The van der Waals surface area contributed by atoms with Crippen LogP contribution in [0.25, 0.3) is 0 Å². The molecule has 6 nitrogen and oxygen atoms in total. The van der Waals surface area contributed by atoms with E-state index in [-0.39, 0.29) is 5.91 Å². The molecule has 1 fully saturated rings. The van der Waals surface area contributed by atoms with E-state index in [1.807, 2.05) is 43.9 Å². The Morgan fingerprint density at radius 3 is 2.58 bits per heavy atom. The second-order valence-corrected chi connectivity index (χ2v) is 6.18. The number of aromatic nitrogens is 3. The van der Waals surface area contributed by atoms with Gasteiger partial charge in [0.25, 0.3) is 5.91 Å². The SMILES string of the molecule is Cc1ccc(C(=O)N2CCCN(c3ccnc(C)n3)CC2)c(C)n1. The molecule has 0 unspecified atom stereocenters. The summed E-state index contributed by atoms with van der Waals surface area (Å²) in [4.78, 5) is 30.0. The van der Waals surface area contributed by atoms with Gasteiger partial charge in [-0.25, -0.2) is 9.97 Å². The van der Waals surface area contributed by atoms with Crippen LogP contribution in [0.1, 0.15) is 34.0 Å². The van der Waals surface area contributed by atoms with Crippen LogP contribution >= 0.6 is 0 Å². The summed E-state index contributed by atoms with van der Waals surface area (Å²) in [5.74, 6) is 1.77. The third-order valence-electron chi connectivity index (χ3n) is 4.32. The van der Waals surface area contributed by atoms with Crippen LogP contribution in [0.5, 0.6) is 0 Å². The molecule has 0 atom stereocenters. The summed E-state index contributed by atoms with van der Waals surface area (Å²) < 4.78 is 0. The van der Waals surface area contributed by atoms with Crippen molar-refractivity contribution in [2.75, 3.05) is 31.1 Å². The summed E-state index contributed by atoms with van der Waals surface area (Å²) >= 11 is 0. The molecule has 0 spiro atoms. The van der Waals surface area contributed by atoms with Crippen molar-refractivity contribution >= 4 is 11.7 Å². The highest BCUT2D eigenvalue weighted by Gasteiger charge is 2.22. The summed E-state index contributed by atoms with van der Waals surface area (Å²) in [7, 11) is 0. The Morgan fingerprint density at radius 1 is 1.00 bits per heavy atom. The molecule has 2 aromatic rings. The average molecular weight is 325 g/mol. The first-order valence-electron chi connectivity index (χ1n) is 8.33. The zero-order chi connectivity index (χ0) is 17.1. The van der Waals surface area contributed by atoms with Gasteiger partial charge in [-0.2, -0.15) is 0 Å². The van der Waals surface area contributed by atoms with Gasteiger partial charge in [0, 0.05) is 38.1 Å². The zero-order valence-corrected chi connectivity index (χ0v) is 14.5. The van der Waals surface area contributed by atoms with E-state index in [0.717, 1.165) is 49.1 Å². The van der Waals surface area contributed by atoms with Gasteiger partial charge in [-0.15, -0.1) is 0 Å². The summed E-state index contributed by atoms with van der Waals surface area (Å²) in [5, 5.41) is 0. The van der Waals surface area contributed by atoms with E-state index < -0.39 is 0 Å². The normalized spacial score (nSPS) is 15.3. The number of aryl methyl sites for hydroxylation is 3. The Balaban J connectivity index is 1.72. The molecular formula is C18H23N5O.